The number of anilines is 2. The third-order valence-electron chi connectivity index (χ3n) is 7.65. The van der Waals surface area contributed by atoms with Gasteiger partial charge in [0.25, 0.3) is 0 Å². The lowest BCUT2D eigenvalue weighted by Gasteiger charge is -2.47. The number of rotatable bonds is 6. The maximum Gasteiger partial charge on any atom is 0.158 e. The predicted octanol–water partition coefficient (Wildman–Crippen LogP) is 5.55. The maximum absolute atomic E-state index is 13.9. The van der Waals surface area contributed by atoms with Gasteiger partial charge in [0.15, 0.2) is 5.82 Å². The highest BCUT2D eigenvalue weighted by molar-refractivity contribution is 7.99. The molecule has 37 heavy (non-hydrogen) atoms. The summed E-state index contributed by atoms with van der Waals surface area (Å²) in [6.07, 6.45) is 5.94. The second-order valence-corrected chi connectivity index (χ2v) is 13.9. The molecule has 0 saturated carbocycles. The number of nitrogens with two attached hydrogens (primary N) is 2. The van der Waals surface area contributed by atoms with E-state index >= 15 is 0 Å². The van der Waals surface area contributed by atoms with Crippen molar-refractivity contribution in [1.29, 1.82) is 0 Å². The number of hydrogen-bond acceptors (Lipinski definition) is 7. The lowest BCUT2D eigenvalue weighted by Crippen LogP contribution is -2.52. The molecule has 3 aromatic rings. The molecule has 3 unspecified atom stereocenters. The summed E-state index contributed by atoms with van der Waals surface area (Å²) in [5, 5.41) is 7.11. The standard InChI is InChI=1S/C27H31ClFN5OS2/c1-26(2,37(31)35)14-20-15-27(12-17-7-8-19(29)11-18(17)13-27)9-10-34(20)23-16-32-25(24(30)33-23)36-22-6-4-3-5-21(22)28/h3-8,11,16,20H,9-10,12-15,31H2,1-2H3,(H2,30,33). The number of nitrogens with zero attached hydrogens (tertiary/aromatic N) is 3. The number of piperidine rings is 1. The summed E-state index contributed by atoms with van der Waals surface area (Å²) >= 11 is 6.21. The highest BCUT2D eigenvalue weighted by atomic mass is 35.5. The third-order valence-corrected chi connectivity index (χ3v) is 10.4. The Kier molecular flexibility index (Phi) is 7.37. The Morgan fingerprint density at radius 3 is 2.73 bits per heavy atom. The van der Waals surface area contributed by atoms with Crippen LogP contribution in [0.25, 0.3) is 0 Å². The number of fused-ring (bicyclic) bond motifs is 1. The Bertz CT molecular complexity index is 1310. The number of halogens is 2. The van der Waals surface area contributed by atoms with Crippen LogP contribution in [0.5, 0.6) is 0 Å². The van der Waals surface area contributed by atoms with Crippen LogP contribution in [-0.4, -0.2) is 31.9 Å². The average Bonchev–Trinajstić information content (AvgIpc) is 3.18. The van der Waals surface area contributed by atoms with E-state index in [9.17, 15) is 8.94 Å². The molecule has 10 heteroatoms. The molecule has 1 fully saturated rings. The Hall–Kier alpha value is -2.04. The van der Waals surface area contributed by atoms with E-state index in [1.54, 1.807) is 18.3 Å². The molecule has 6 nitrogen and oxygen atoms in total. The summed E-state index contributed by atoms with van der Waals surface area (Å²) in [4.78, 5) is 12.5. The fraction of sp³-hybridized carbons (Fsp3) is 0.407. The minimum absolute atomic E-state index is 0.0300. The van der Waals surface area contributed by atoms with E-state index in [0.717, 1.165) is 42.7 Å². The zero-order valence-electron chi connectivity index (χ0n) is 20.9. The molecule has 0 radical (unpaired) electrons. The van der Waals surface area contributed by atoms with E-state index in [1.807, 2.05) is 44.2 Å². The van der Waals surface area contributed by atoms with Crippen molar-refractivity contribution in [3.63, 3.8) is 0 Å². The first-order chi connectivity index (χ1) is 17.6. The normalized spacial score (nSPS) is 22.3. The van der Waals surface area contributed by atoms with E-state index in [-0.39, 0.29) is 17.3 Å². The van der Waals surface area contributed by atoms with Crippen LogP contribution in [-0.2, 0) is 24.2 Å². The molecule has 1 aliphatic heterocycles. The summed E-state index contributed by atoms with van der Waals surface area (Å²) < 4.78 is 25.7. The van der Waals surface area contributed by atoms with Gasteiger partial charge in [-0.05, 0) is 80.3 Å². The van der Waals surface area contributed by atoms with Gasteiger partial charge in [-0.25, -0.2) is 14.4 Å². The van der Waals surface area contributed by atoms with Gasteiger partial charge in [-0.3, -0.25) is 0 Å². The van der Waals surface area contributed by atoms with Gasteiger partial charge < -0.3 is 15.2 Å². The molecule has 1 spiro atoms. The molecule has 0 amide bonds. The molecule has 2 aliphatic rings. The van der Waals surface area contributed by atoms with E-state index in [2.05, 4.69) is 9.88 Å². The third kappa shape index (κ3) is 5.56. The quantitative estimate of drug-likeness (QED) is 0.382. The summed E-state index contributed by atoms with van der Waals surface area (Å²) in [7, 11) is 0. The second-order valence-electron chi connectivity index (χ2n) is 10.8. The van der Waals surface area contributed by atoms with Crippen LogP contribution in [0.2, 0.25) is 5.02 Å². The molecule has 1 aliphatic carbocycles. The number of hydrogen-bond donors (Lipinski definition) is 2. The van der Waals surface area contributed by atoms with Gasteiger partial charge in [-0.1, -0.05) is 41.6 Å². The largest absolute Gasteiger partial charge is 0.598 e. The van der Waals surface area contributed by atoms with Crippen molar-refractivity contribution in [2.45, 2.75) is 66.7 Å². The van der Waals surface area contributed by atoms with Crippen LogP contribution in [0.3, 0.4) is 0 Å². The molecular formula is C27H31ClFN5OS2. The number of aromatic nitrogens is 2. The predicted molar refractivity (Wildman–Crippen MR) is 150 cm³/mol. The van der Waals surface area contributed by atoms with Crippen LogP contribution >= 0.6 is 23.4 Å². The average molecular weight is 560 g/mol. The fourth-order valence-electron chi connectivity index (χ4n) is 5.74. The highest BCUT2D eigenvalue weighted by Gasteiger charge is 2.47. The van der Waals surface area contributed by atoms with Gasteiger partial charge in [-0.2, -0.15) is 5.14 Å². The van der Waals surface area contributed by atoms with Crippen molar-refractivity contribution >= 4 is 46.4 Å². The first-order valence-electron chi connectivity index (χ1n) is 12.3. The van der Waals surface area contributed by atoms with Gasteiger partial charge in [0.2, 0.25) is 0 Å². The Labute approximate surface area is 229 Å². The van der Waals surface area contributed by atoms with Crippen molar-refractivity contribution in [3.05, 3.63) is 70.6 Å². The van der Waals surface area contributed by atoms with Crippen LogP contribution < -0.4 is 15.8 Å². The Morgan fingerprint density at radius 2 is 2.00 bits per heavy atom. The summed E-state index contributed by atoms with van der Waals surface area (Å²) in [5.74, 6) is 0.845. The molecule has 5 rings (SSSR count). The summed E-state index contributed by atoms with van der Waals surface area (Å²) in [5.41, 5.74) is 8.71. The molecule has 1 saturated heterocycles. The van der Waals surface area contributed by atoms with E-state index in [0.29, 0.717) is 28.1 Å². The van der Waals surface area contributed by atoms with Gasteiger partial charge in [0.05, 0.1) is 11.2 Å². The zero-order chi connectivity index (χ0) is 26.4. The smallest absolute Gasteiger partial charge is 0.158 e. The molecule has 2 heterocycles. The molecule has 196 valence electrons. The SMILES string of the molecule is CC(C)(CC1CC2(CCN1c1cnc(Sc3ccccc3Cl)c(N)n1)Cc1ccc(F)cc1C2)[S+](N)[O-]. The van der Waals surface area contributed by atoms with Crippen LogP contribution in [0, 0.1) is 11.2 Å². The van der Waals surface area contributed by atoms with Gasteiger partial charge in [0.1, 0.15) is 21.4 Å². The van der Waals surface area contributed by atoms with Gasteiger partial charge >= 0.3 is 0 Å². The van der Waals surface area contributed by atoms with Crippen LogP contribution in [0.4, 0.5) is 16.0 Å². The van der Waals surface area contributed by atoms with Crippen LogP contribution in [0.1, 0.15) is 44.2 Å². The van der Waals surface area contributed by atoms with Gasteiger partial charge in [-0.15, -0.1) is 0 Å². The van der Waals surface area contributed by atoms with Crippen LogP contribution in [0.15, 0.2) is 58.6 Å². The molecule has 0 bridgehead atoms. The molecule has 2 aromatic carbocycles. The lowest BCUT2D eigenvalue weighted by atomic mass is 9.71. The lowest BCUT2D eigenvalue weighted by molar-refractivity contribution is 0.186. The molecular weight excluding hydrogens is 529 g/mol. The van der Waals surface area contributed by atoms with E-state index < -0.39 is 16.1 Å². The summed E-state index contributed by atoms with van der Waals surface area (Å²) in [6.45, 7) is 4.62. The van der Waals surface area contributed by atoms with Crippen molar-refractivity contribution in [2.75, 3.05) is 17.2 Å². The molecule has 4 N–H and O–H groups in total. The topological polar surface area (TPSA) is 104 Å². The van der Waals surface area contributed by atoms with Gasteiger partial charge in [0, 0.05) is 35.3 Å². The first kappa shape index (κ1) is 26.6. The zero-order valence-corrected chi connectivity index (χ0v) is 23.3. The first-order valence-corrected chi connectivity index (χ1v) is 14.7. The van der Waals surface area contributed by atoms with E-state index in [1.165, 1.54) is 17.3 Å². The van der Waals surface area contributed by atoms with Crippen molar-refractivity contribution in [1.82, 2.24) is 9.97 Å². The summed E-state index contributed by atoms with van der Waals surface area (Å²) in [6, 6.07) is 12.7. The number of nitrogen functional groups attached to an aromatic ring is 1. The Balaban J connectivity index is 1.41. The minimum atomic E-state index is -1.49. The van der Waals surface area contributed by atoms with E-state index in [4.69, 9.17) is 27.5 Å². The Morgan fingerprint density at radius 1 is 1.24 bits per heavy atom. The van der Waals surface area contributed by atoms with Crippen molar-refractivity contribution in [3.8, 4) is 0 Å². The highest BCUT2D eigenvalue weighted by Crippen LogP contribution is 2.49. The van der Waals surface area contributed by atoms with Crippen molar-refractivity contribution < 1.29 is 8.94 Å². The second kappa shape index (κ2) is 10.3. The maximum atomic E-state index is 13.9. The fourth-order valence-corrected chi connectivity index (χ4v) is 7.12. The monoisotopic (exact) mass is 559 g/mol. The molecule has 3 atom stereocenters. The number of benzene rings is 2. The minimum Gasteiger partial charge on any atom is -0.598 e. The molecule has 1 aromatic heterocycles. The van der Waals surface area contributed by atoms with Crippen molar-refractivity contribution in [2.24, 2.45) is 10.6 Å².